The molecule has 18 heavy (non-hydrogen) atoms. The third kappa shape index (κ3) is 2.25. The molecule has 1 aliphatic rings. The summed E-state index contributed by atoms with van der Waals surface area (Å²) in [5.41, 5.74) is 6.67. The van der Waals surface area contributed by atoms with Crippen LogP contribution in [0.2, 0.25) is 0 Å². The van der Waals surface area contributed by atoms with Gasteiger partial charge < -0.3 is 10.6 Å². The van der Waals surface area contributed by atoms with Gasteiger partial charge in [-0.15, -0.1) is 0 Å². The maximum absolute atomic E-state index is 11.2. The van der Waals surface area contributed by atoms with E-state index in [0.29, 0.717) is 17.6 Å². The summed E-state index contributed by atoms with van der Waals surface area (Å²) >= 11 is 0. The minimum absolute atomic E-state index is 0.0402. The first-order chi connectivity index (χ1) is 8.50. The van der Waals surface area contributed by atoms with Crippen molar-refractivity contribution >= 4 is 17.1 Å². The molecule has 0 aliphatic carbocycles. The highest BCUT2D eigenvalue weighted by atomic mass is 16.6. The lowest BCUT2D eigenvalue weighted by Crippen LogP contribution is -2.41. The Morgan fingerprint density at radius 1 is 1.39 bits per heavy atom. The van der Waals surface area contributed by atoms with Crippen molar-refractivity contribution in [3.63, 3.8) is 0 Å². The van der Waals surface area contributed by atoms with Crippen LogP contribution in [0, 0.1) is 16.0 Å². The quantitative estimate of drug-likeness (QED) is 0.497. The third-order valence-corrected chi connectivity index (χ3v) is 3.66. The average molecular weight is 249 g/mol. The molecule has 2 atom stereocenters. The second-order valence-electron chi connectivity index (χ2n) is 5.16. The summed E-state index contributed by atoms with van der Waals surface area (Å²) in [5.74, 6) is 0.558. The molecule has 0 aromatic heterocycles. The lowest BCUT2D eigenvalue weighted by molar-refractivity contribution is -0.383. The number of nitrogens with zero attached hydrogens (tertiary/aromatic N) is 2. The number of nitrogen functional groups attached to an aromatic ring is 1. The maximum Gasteiger partial charge on any atom is 0.315 e. The molecule has 0 radical (unpaired) electrons. The van der Waals surface area contributed by atoms with Crippen LogP contribution < -0.4 is 10.6 Å². The fraction of sp³-hybridized carbons (Fsp3) is 0.538. The van der Waals surface area contributed by atoms with Gasteiger partial charge in [-0.3, -0.25) is 10.1 Å². The Balaban J connectivity index is 2.43. The summed E-state index contributed by atoms with van der Waals surface area (Å²) in [6.45, 7) is 5.14. The van der Waals surface area contributed by atoms with Crippen LogP contribution in [0.4, 0.5) is 17.1 Å². The van der Waals surface area contributed by atoms with E-state index in [1.807, 2.05) is 0 Å². The van der Waals surface area contributed by atoms with E-state index in [1.54, 1.807) is 18.2 Å². The fourth-order valence-electron chi connectivity index (χ4n) is 2.60. The second kappa shape index (κ2) is 4.84. The Morgan fingerprint density at radius 3 is 2.78 bits per heavy atom. The first kappa shape index (κ1) is 12.7. The van der Waals surface area contributed by atoms with Crippen molar-refractivity contribution < 1.29 is 4.92 Å². The van der Waals surface area contributed by atoms with Gasteiger partial charge in [0.1, 0.15) is 11.4 Å². The molecule has 0 spiro atoms. The summed E-state index contributed by atoms with van der Waals surface area (Å²) in [6.07, 6.45) is 2.24. The van der Waals surface area contributed by atoms with Crippen molar-refractivity contribution in [1.82, 2.24) is 0 Å². The SMILES string of the molecule is CC1CCC(C)N(c2cccc(N)c2[N+](=O)[O-])C1. The van der Waals surface area contributed by atoms with E-state index < -0.39 is 0 Å². The molecule has 98 valence electrons. The highest BCUT2D eigenvalue weighted by molar-refractivity contribution is 5.75. The Bertz CT molecular complexity index is 462. The van der Waals surface area contributed by atoms with E-state index in [0.717, 1.165) is 13.0 Å². The van der Waals surface area contributed by atoms with Gasteiger partial charge in [0, 0.05) is 12.6 Å². The van der Waals surface area contributed by atoms with Crippen LogP contribution in [-0.2, 0) is 0 Å². The van der Waals surface area contributed by atoms with Gasteiger partial charge in [0.25, 0.3) is 0 Å². The van der Waals surface area contributed by atoms with E-state index in [1.165, 1.54) is 6.42 Å². The van der Waals surface area contributed by atoms with Crippen LogP contribution >= 0.6 is 0 Å². The average Bonchev–Trinajstić information content (AvgIpc) is 2.31. The summed E-state index contributed by atoms with van der Waals surface area (Å²) in [6, 6.07) is 5.48. The van der Waals surface area contributed by atoms with Crippen molar-refractivity contribution in [1.29, 1.82) is 0 Å². The lowest BCUT2D eigenvalue weighted by Gasteiger charge is -2.38. The number of rotatable bonds is 2. The van der Waals surface area contributed by atoms with E-state index in [-0.39, 0.29) is 16.3 Å². The van der Waals surface area contributed by atoms with Gasteiger partial charge in [-0.05, 0) is 37.8 Å². The zero-order valence-electron chi connectivity index (χ0n) is 10.8. The van der Waals surface area contributed by atoms with Crippen LogP contribution in [-0.4, -0.2) is 17.5 Å². The molecule has 1 aromatic carbocycles. The van der Waals surface area contributed by atoms with Gasteiger partial charge in [0.2, 0.25) is 0 Å². The first-order valence-electron chi connectivity index (χ1n) is 6.30. The minimum Gasteiger partial charge on any atom is -0.393 e. The molecular formula is C13H19N3O2. The molecule has 5 heteroatoms. The Hall–Kier alpha value is -1.78. The van der Waals surface area contributed by atoms with Gasteiger partial charge in [-0.25, -0.2) is 0 Å². The molecule has 1 saturated heterocycles. The summed E-state index contributed by atoms with van der Waals surface area (Å²) in [4.78, 5) is 12.9. The largest absolute Gasteiger partial charge is 0.393 e. The molecule has 0 bridgehead atoms. The van der Waals surface area contributed by atoms with Gasteiger partial charge in [-0.1, -0.05) is 13.0 Å². The van der Waals surface area contributed by atoms with Crippen molar-refractivity contribution in [2.75, 3.05) is 17.2 Å². The van der Waals surface area contributed by atoms with Crippen molar-refractivity contribution in [3.8, 4) is 0 Å². The van der Waals surface area contributed by atoms with Gasteiger partial charge in [0.15, 0.2) is 0 Å². The highest BCUT2D eigenvalue weighted by Crippen LogP contribution is 2.37. The number of para-hydroxylation sites is 1. The highest BCUT2D eigenvalue weighted by Gasteiger charge is 2.29. The Morgan fingerprint density at radius 2 is 2.11 bits per heavy atom. The molecule has 2 N–H and O–H groups in total. The second-order valence-corrected chi connectivity index (χ2v) is 5.16. The molecule has 5 nitrogen and oxygen atoms in total. The topological polar surface area (TPSA) is 72.4 Å². The van der Waals surface area contributed by atoms with Crippen molar-refractivity contribution in [2.45, 2.75) is 32.7 Å². The molecular weight excluding hydrogens is 230 g/mol. The third-order valence-electron chi connectivity index (χ3n) is 3.66. The zero-order valence-corrected chi connectivity index (χ0v) is 10.8. The summed E-state index contributed by atoms with van der Waals surface area (Å²) < 4.78 is 0. The molecule has 1 fully saturated rings. The molecule has 0 saturated carbocycles. The van der Waals surface area contributed by atoms with Gasteiger partial charge in [0.05, 0.1) is 4.92 Å². The van der Waals surface area contributed by atoms with E-state index >= 15 is 0 Å². The molecule has 0 amide bonds. The normalized spacial score (nSPS) is 24.0. The van der Waals surface area contributed by atoms with Crippen molar-refractivity contribution in [3.05, 3.63) is 28.3 Å². The number of nitro benzene ring substituents is 1. The number of piperidine rings is 1. The molecule has 1 heterocycles. The van der Waals surface area contributed by atoms with E-state index in [2.05, 4.69) is 18.7 Å². The van der Waals surface area contributed by atoms with Crippen LogP contribution in [0.5, 0.6) is 0 Å². The van der Waals surface area contributed by atoms with Crippen LogP contribution in [0.3, 0.4) is 0 Å². The Kier molecular flexibility index (Phi) is 3.41. The lowest BCUT2D eigenvalue weighted by atomic mass is 9.94. The minimum atomic E-state index is -0.378. The number of hydrogen-bond acceptors (Lipinski definition) is 4. The monoisotopic (exact) mass is 249 g/mol. The van der Waals surface area contributed by atoms with E-state index in [9.17, 15) is 10.1 Å². The zero-order chi connectivity index (χ0) is 13.3. The predicted molar refractivity (Wildman–Crippen MR) is 72.7 cm³/mol. The van der Waals surface area contributed by atoms with Crippen LogP contribution in [0.15, 0.2) is 18.2 Å². The Labute approximate surface area is 107 Å². The summed E-state index contributed by atoms with van der Waals surface area (Å²) in [7, 11) is 0. The molecule has 1 aromatic rings. The van der Waals surface area contributed by atoms with Crippen LogP contribution in [0.25, 0.3) is 0 Å². The first-order valence-corrected chi connectivity index (χ1v) is 6.30. The molecule has 2 unspecified atom stereocenters. The van der Waals surface area contributed by atoms with Crippen molar-refractivity contribution in [2.24, 2.45) is 5.92 Å². The maximum atomic E-state index is 11.2. The standard InChI is InChI=1S/C13H19N3O2/c1-9-6-7-10(2)15(8-9)12-5-3-4-11(14)13(12)16(17)18/h3-5,9-10H,6-8,14H2,1-2H3. The number of nitrogens with two attached hydrogens (primary N) is 1. The predicted octanol–water partition coefficient (Wildman–Crippen LogP) is 2.80. The van der Waals surface area contributed by atoms with Crippen LogP contribution in [0.1, 0.15) is 26.7 Å². The molecule has 2 rings (SSSR count). The fourth-order valence-corrected chi connectivity index (χ4v) is 2.60. The number of nitro groups is 1. The number of hydrogen-bond donors (Lipinski definition) is 1. The number of anilines is 2. The molecule has 1 aliphatic heterocycles. The van der Waals surface area contributed by atoms with Gasteiger partial charge in [-0.2, -0.15) is 0 Å². The summed E-state index contributed by atoms with van der Waals surface area (Å²) in [5, 5.41) is 11.2. The van der Waals surface area contributed by atoms with Gasteiger partial charge >= 0.3 is 5.69 Å². The number of benzene rings is 1. The smallest absolute Gasteiger partial charge is 0.315 e. The van der Waals surface area contributed by atoms with E-state index in [4.69, 9.17) is 5.73 Å².